The molecule has 0 aromatic heterocycles. The Balaban J connectivity index is 0.00000392. The summed E-state index contributed by atoms with van der Waals surface area (Å²) in [5.41, 5.74) is 1.98. The number of hydrogen-bond donors (Lipinski definition) is 3. The molecule has 1 aromatic rings. The number of halogens is 1. The number of rotatable bonds is 7. The van der Waals surface area contributed by atoms with E-state index in [2.05, 4.69) is 32.8 Å². The minimum Gasteiger partial charge on any atom is -0.354 e. The smallest absolute Gasteiger partial charge is 0.226 e. The molecule has 0 aliphatic carbocycles. The minimum atomic E-state index is -0.0189. The number of anilines is 1. The molecule has 0 radical (unpaired) electrons. The third-order valence-corrected chi connectivity index (χ3v) is 4.90. The zero-order valence-electron chi connectivity index (χ0n) is 17.6. The SMILES string of the molecule is CCCN1CCC(NC(=NC)NCc2ccc(NC(=O)C(C)C)cc2)CC1.I. The van der Waals surface area contributed by atoms with Crippen LogP contribution < -0.4 is 16.0 Å². The van der Waals surface area contributed by atoms with Crippen LogP contribution in [0.3, 0.4) is 0 Å². The molecule has 158 valence electrons. The summed E-state index contributed by atoms with van der Waals surface area (Å²) < 4.78 is 0. The minimum absolute atomic E-state index is 0. The van der Waals surface area contributed by atoms with Gasteiger partial charge in [0, 0.05) is 44.3 Å². The first-order chi connectivity index (χ1) is 13.0. The van der Waals surface area contributed by atoms with Crippen LogP contribution in [0.4, 0.5) is 5.69 Å². The zero-order valence-corrected chi connectivity index (χ0v) is 20.0. The van der Waals surface area contributed by atoms with Gasteiger partial charge in [0.1, 0.15) is 0 Å². The molecule has 1 amide bonds. The number of aliphatic imine (C=N–C) groups is 1. The van der Waals surface area contributed by atoms with E-state index in [4.69, 9.17) is 0 Å². The highest BCUT2D eigenvalue weighted by Crippen LogP contribution is 2.12. The Morgan fingerprint density at radius 1 is 1.21 bits per heavy atom. The van der Waals surface area contributed by atoms with E-state index in [1.54, 1.807) is 0 Å². The third kappa shape index (κ3) is 8.34. The normalized spacial score (nSPS) is 15.8. The average molecular weight is 501 g/mol. The molecule has 0 spiro atoms. The number of nitrogens with zero attached hydrogens (tertiary/aromatic N) is 2. The summed E-state index contributed by atoms with van der Waals surface area (Å²) in [5, 5.41) is 9.84. The van der Waals surface area contributed by atoms with Gasteiger partial charge in [0.05, 0.1) is 0 Å². The Bertz CT molecular complexity index is 610. The second kappa shape index (κ2) is 13.0. The molecular weight excluding hydrogens is 465 g/mol. The second-order valence-electron chi connectivity index (χ2n) is 7.53. The van der Waals surface area contributed by atoms with Crippen molar-refractivity contribution >= 4 is 41.5 Å². The van der Waals surface area contributed by atoms with Crippen LogP contribution in [0.5, 0.6) is 0 Å². The maximum absolute atomic E-state index is 11.7. The molecule has 0 saturated carbocycles. The van der Waals surface area contributed by atoms with Gasteiger partial charge in [-0.2, -0.15) is 0 Å². The molecule has 6 nitrogen and oxygen atoms in total. The van der Waals surface area contributed by atoms with Gasteiger partial charge < -0.3 is 20.9 Å². The first kappa shape index (κ1) is 24.7. The fraction of sp³-hybridized carbons (Fsp3) is 0.619. The van der Waals surface area contributed by atoms with Crippen molar-refractivity contribution in [3.63, 3.8) is 0 Å². The van der Waals surface area contributed by atoms with Crippen LogP contribution in [0.1, 0.15) is 45.6 Å². The van der Waals surface area contributed by atoms with Gasteiger partial charge in [0.15, 0.2) is 5.96 Å². The van der Waals surface area contributed by atoms with Crippen LogP contribution in [0.15, 0.2) is 29.3 Å². The van der Waals surface area contributed by atoms with Gasteiger partial charge in [-0.25, -0.2) is 0 Å². The van der Waals surface area contributed by atoms with E-state index in [0.717, 1.165) is 43.1 Å². The van der Waals surface area contributed by atoms with Gasteiger partial charge in [0.2, 0.25) is 5.91 Å². The fourth-order valence-electron chi connectivity index (χ4n) is 3.18. The summed E-state index contributed by atoms with van der Waals surface area (Å²) in [6.07, 6.45) is 3.54. The highest BCUT2D eigenvalue weighted by atomic mass is 127. The van der Waals surface area contributed by atoms with Crippen LogP contribution in [-0.4, -0.2) is 49.5 Å². The van der Waals surface area contributed by atoms with Crippen LogP contribution in [0.25, 0.3) is 0 Å². The van der Waals surface area contributed by atoms with Crippen molar-refractivity contribution in [1.82, 2.24) is 15.5 Å². The molecular formula is C21H36IN5O. The van der Waals surface area contributed by atoms with Gasteiger partial charge in [0.25, 0.3) is 0 Å². The highest BCUT2D eigenvalue weighted by Gasteiger charge is 2.19. The summed E-state index contributed by atoms with van der Waals surface area (Å²) >= 11 is 0. The lowest BCUT2D eigenvalue weighted by Crippen LogP contribution is -2.48. The van der Waals surface area contributed by atoms with Gasteiger partial charge in [-0.15, -0.1) is 24.0 Å². The predicted octanol–water partition coefficient (Wildman–Crippen LogP) is 3.44. The summed E-state index contributed by atoms with van der Waals surface area (Å²) in [6, 6.07) is 8.42. The molecule has 1 heterocycles. The standard InChI is InChI=1S/C21H35N5O.HI/c1-5-12-26-13-10-19(11-14-26)25-21(22-4)23-15-17-6-8-18(9-7-17)24-20(27)16(2)3;/h6-9,16,19H,5,10-15H2,1-4H3,(H,24,27)(H2,22,23,25);1H. The van der Waals surface area contributed by atoms with E-state index in [-0.39, 0.29) is 35.8 Å². The van der Waals surface area contributed by atoms with Crippen molar-refractivity contribution in [3.8, 4) is 0 Å². The molecule has 28 heavy (non-hydrogen) atoms. The number of piperidine rings is 1. The Morgan fingerprint density at radius 3 is 2.39 bits per heavy atom. The summed E-state index contributed by atoms with van der Waals surface area (Å²) in [4.78, 5) is 18.6. The first-order valence-electron chi connectivity index (χ1n) is 10.1. The molecule has 1 aliphatic rings. The third-order valence-electron chi connectivity index (χ3n) is 4.90. The van der Waals surface area contributed by atoms with Gasteiger partial charge in [-0.1, -0.05) is 32.9 Å². The quantitative estimate of drug-likeness (QED) is 0.304. The van der Waals surface area contributed by atoms with E-state index >= 15 is 0 Å². The van der Waals surface area contributed by atoms with Crippen molar-refractivity contribution in [1.29, 1.82) is 0 Å². The van der Waals surface area contributed by atoms with Crippen molar-refractivity contribution < 1.29 is 4.79 Å². The number of nitrogens with one attached hydrogen (secondary N) is 3. The number of benzene rings is 1. The molecule has 1 aliphatic heterocycles. The van der Waals surface area contributed by atoms with E-state index < -0.39 is 0 Å². The number of amides is 1. The van der Waals surface area contributed by atoms with E-state index in [0.29, 0.717) is 12.6 Å². The van der Waals surface area contributed by atoms with Gasteiger partial charge in [-0.05, 0) is 43.5 Å². The number of carbonyl (C=O) groups is 1. The Hall–Kier alpha value is -1.35. The van der Waals surface area contributed by atoms with Crippen molar-refractivity contribution in [2.75, 3.05) is 32.0 Å². The number of likely N-dealkylation sites (tertiary alicyclic amines) is 1. The van der Waals surface area contributed by atoms with Crippen molar-refractivity contribution in [2.24, 2.45) is 10.9 Å². The van der Waals surface area contributed by atoms with Gasteiger partial charge in [-0.3, -0.25) is 9.79 Å². The zero-order chi connectivity index (χ0) is 19.6. The lowest BCUT2D eigenvalue weighted by molar-refractivity contribution is -0.118. The molecule has 0 unspecified atom stereocenters. The van der Waals surface area contributed by atoms with Crippen LogP contribution >= 0.6 is 24.0 Å². The van der Waals surface area contributed by atoms with E-state index in [9.17, 15) is 4.79 Å². The molecule has 1 fully saturated rings. The average Bonchev–Trinajstić information content (AvgIpc) is 2.67. The highest BCUT2D eigenvalue weighted by molar-refractivity contribution is 14.0. The first-order valence-corrected chi connectivity index (χ1v) is 10.1. The summed E-state index contributed by atoms with van der Waals surface area (Å²) in [6.45, 7) is 10.2. The second-order valence-corrected chi connectivity index (χ2v) is 7.53. The van der Waals surface area contributed by atoms with E-state index in [1.807, 2.05) is 45.2 Å². The Labute approximate surface area is 187 Å². The van der Waals surface area contributed by atoms with Gasteiger partial charge >= 0.3 is 0 Å². The van der Waals surface area contributed by atoms with Crippen molar-refractivity contribution in [3.05, 3.63) is 29.8 Å². The summed E-state index contributed by atoms with van der Waals surface area (Å²) in [7, 11) is 1.81. The fourth-order valence-corrected chi connectivity index (χ4v) is 3.18. The predicted molar refractivity (Wildman–Crippen MR) is 128 cm³/mol. The topological polar surface area (TPSA) is 68.8 Å². The molecule has 7 heteroatoms. The Kier molecular flexibility index (Phi) is 11.4. The largest absolute Gasteiger partial charge is 0.354 e. The number of guanidine groups is 1. The van der Waals surface area contributed by atoms with Crippen LogP contribution in [-0.2, 0) is 11.3 Å². The number of carbonyl (C=O) groups excluding carboxylic acids is 1. The number of hydrogen-bond acceptors (Lipinski definition) is 3. The molecule has 0 bridgehead atoms. The van der Waals surface area contributed by atoms with Crippen LogP contribution in [0, 0.1) is 5.92 Å². The summed E-state index contributed by atoms with van der Waals surface area (Å²) in [5.74, 6) is 0.867. The van der Waals surface area contributed by atoms with Crippen molar-refractivity contribution in [2.45, 2.75) is 52.6 Å². The molecule has 2 rings (SSSR count). The lowest BCUT2D eigenvalue weighted by atomic mass is 10.1. The molecule has 1 saturated heterocycles. The Morgan fingerprint density at radius 2 is 1.86 bits per heavy atom. The lowest BCUT2D eigenvalue weighted by Gasteiger charge is -2.32. The monoisotopic (exact) mass is 501 g/mol. The molecule has 0 atom stereocenters. The van der Waals surface area contributed by atoms with E-state index in [1.165, 1.54) is 13.0 Å². The van der Waals surface area contributed by atoms with Crippen LogP contribution in [0.2, 0.25) is 0 Å². The maximum atomic E-state index is 11.7. The maximum Gasteiger partial charge on any atom is 0.226 e. The molecule has 1 aromatic carbocycles. The molecule has 3 N–H and O–H groups in total.